The number of nitrogens with two attached hydrogens (primary N) is 1. The molecule has 4 N–H and O–H groups in total. The molecular weight excluding hydrogens is 479 g/mol. The van der Waals surface area contributed by atoms with Crippen molar-refractivity contribution >= 4 is 29.6 Å². The molecule has 0 radical (unpaired) electrons. The van der Waals surface area contributed by atoms with E-state index in [2.05, 4.69) is 41.6 Å². The van der Waals surface area contributed by atoms with Gasteiger partial charge in [0, 0.05) is 6.54 Å². The molecule has 0 aliphatic rings. The molecule has 10 nitrogen and oxygen atoms in total. The Morgan fingerprint density at radius 3 is 2.67 bits per heavy atom. The largest absolute Gasteiger partial charge is 0.573 e. The number of rotatable bonds is 12. The SMILES string of the molecule is C#CCNC(=O)C(C=NCCCCc1ccc(NC(=O)Cc2cccc(OC(F)(F)F)c2)nn1)=NN. The number of aryl methyl sites for hydroxylation is 1. The van der Waals surface area contributed by atoms with Crippen LogP contribution in [-0.2, 0) is 22.4 Å². The van der Waals surface area contributed by atoms with Gasteiger partial charge in [-0.2, -0.15) is 10.2 Å². The molecule has 36 heavy (non-hydrogen) atoms. The molecule has 0 aliphatic carbocycles. The van der Waals surface area contributed by atoms with E-state index in [1.54, 1.807) is 12.1 Å². The number of ether oxygens (including phenoxy) is 1. The van der Waals surface area contributed by atoms with Crippen molar-refractivity contribution in [1.29, 1.82) is 0 Å². The molecule has 1 heterocycles. The van der Waals surface area contributed by atoms with Crippen molar-refractivity contribution in [2.75, 3.05) is 18.4 Å². The molecule has 2 aromatic rings. The van der Waals surface area contributed by atoms with Crippen LogP contribution in [0.15, 0.2) is 46.5 Å². The molecule has 0 bridgehead atoms. The minimum atomic E-state index is -4.81. The third-order valence-electron chi connectivity index (χ3n) is 4.39. The number of nitrogens with zero attached hydrogens (tertiary/aromatic N) is 4. The third kappa shape index (κ3) is 10.6. The Morgan fingerprint density at radius 1 is 1.19 bits per heavy atom. The van der Waals surface area contributed by atoms with Crippen LogP contribution < -0.4 is 21.2 Å². The Hall–Kier alpha value is -4.47. The van der Waals surface area contributed by atoms with Gasteiger partial charge in [-0.1, -0.05) is 18.1 Å². The summed E-state index contributed by atoms with van der Waals surface area (Å²) in [6.45, 7) is 0.502. The smallest absolute Gasteiger partial charge is 0.406 e. The summed E-state index contributed by atoms with van der Waals surface area (Å²) in [6.07, 6.45) is 3.44. The second kappa shape index (κ2) is 14.1. The van der Waals surface area contributed by atoms with Gasteiger partial charge in [-0.25, -0.2) is 0 Å². The Morgan fingerprint density at radius 2 is 2.00 bits per heavy atom. The molecule has 0 aliphatic heterocycles. The highest BCUT2D eigenvalue weighted by Gasteiger charge is 2.31. The minimum Gasteiger partial charge on any atom is -0.406 e. The number of halogens is 3. The minimum absolute atomic E-state index is 0.0314. The number of terminal acetylenes is 1. The Labute approximate surface area is 205 Å². The molecular formula is C23H24F3N7O3. The maximum absolute atomic E-state index is 12.3. The Balaban J connectivity index is 1.74. The van der Waals surface area contributed by atoms with Crippen molar-refractivity contribution < 1.29 is 27.5 Å². The van der Waals surface area contributed by atoms with Crippen molar-refractivity contribution in [3.8, 4) is 18.1 Å². The van der Waals surface area contributed by atoms with Gasteiger partial charge < -0.3 is 21.2 Å². The normalized spacial score (nSPS) is 11.7. The number of alkyl halides is 3. The average Bonchev–Trinajstić information content (AvgIpc) is 2.82. The zero-order valence-corrected chi connectivity index (χ0v) is 19.1. The van der Waals surface area contributed by atoms with E-state index in [1.165, 1.54) is 18.3 Å². The second-order valence-corrected chi connectivity index (χ2v) is 7.22. The first-order chi connectivity index (χ1) is 17.2. The number of hydrogen-bond acceptors (Lipinski definition) is 8. The van der Waals surface area contributed by atoms with Crippen molar-refractivity contribution in [3.05, 3.63) is 47.7 Å². The number of aromatic nitrogens is 2. The summed E-state index contributed by atoms with van der Waals surface area (Å²) in [6, 6.07) is 8.46. The highest BCUT2D eigenvalue weighted by atomic mass is 19.4. The first-order valence-corrected chi connectivity index (χ1v) is 10.7. The summed E-state index contributed by atoms with van der Waals surface area (Å²) in [5.41, 5.74) is 1.02. The summed E-state index contributed by atoms with van der Waals surface area (Å²) in [7, 11) is 0. The summed E-state index contributed by atoms with van der Waals surface area (Å²) >= 11 is 0. The van der Waals surface area contributed by atoms with Crippen molar-refractivity contribution in [1.82, 2.24) is 15.5 Å². The molecule has 0 spiro atoms. The van der Waals surface area contributed by atoms with Crippen molar-refractivity contribution in [3.63, 3.8) is 0 Å². The summed E-state index contributed by atoms with van der Waals surface area (Å²) < 4.78 is 40.9. The lowest BCUT2D eigenvalue weighted by atomic mass is 10.1. The van der Waals surface area contributed by atoms with Gasteiger partial charge in [-0.15, -0.1) is 24.7 Å². The fourth-order valence-corrected chi connectivity index (χ4v) is 2.82. The van der Waals surface area contributed by atoms with Gasteiger partial charge in [0.1, 0.15) is 5.75 Å². The third-order valence-corrected chi connectivity index (χ3v) is 4.39. The van der Waals surface area contributed by atoms with Gasteiger partial charge in [-0.05, 0) is 49.1 Å². The number of hydrogen-bond donors (Lipinski definition) is 3. The van der Waals surface area contributed by atoms with Crippen LogP contribution in [0.3, 0.4) is 0 Å². The lowest BCUT2D eigenvalue weighted by Crippen LogP contribution is -2.32. The number of anilines is 1. The maximum atomic E-state index is 12.3. The van der Waals surface area contributed by atoms with E-state index in [0.717, 1.165) is 18.6 Å². The van der Waals surface area contributed by atoms with Gasteiger partial charge >= 0.3 is 6.36 Å². The molecule has 1 aromatic heterocycles. The molecule has 0 saturated carbocycles. The van der Waals surface area contributed by atoms with Gasteiger partial charge in [-0.3, -0.25) is 14.6 Å². The number of benzene rings is 1. The van der Waals surface area contributed by atoms with E-state index in [1.807, 2.05) is 0 Å². The van der Waals surface area contributed by atoms with E-state index >= 15 is 0 Å². The van der Waals surface area contributed by atoms with Gasteiger partial charge in [0.2, 0.25) is 5.91 Å². The van der Waals surface area contributed by atoms with Crippen LogP contribution in [-0.4, -0.2) is 53.4 Å². The predicted octanol–water partition coefficient (Wildman–Crippen LogP) is 2.01. The first kappa shape index (κ1) is 27.8. The van der Waals surface area contributed by atoms with E-state index in [-0.39, 0.29) is 24.5 Å². The number of nitrogens with one attached hydrogen (secondary N) is 2. The molecule has 0 unspecified atom stereocenters. The second-order valence-electron chi connectivity index (χ2n) is 7.22. The lowest BCUT2D eigenvalue weighted by molar-refractivity contribution is -0.274. The number of unbranched alkanes of at least 4 members (excludes halogenated alkanes) is 1. The highest BCUT2D eigenvalue weighted by Crippen LogP contribution is 2.23. The zero-order chi connectivity index (χ0) is 26.4. The molecule has 13 heteroatoms. The molecule has 0 fully saturated rings. The van der Waals surface area contributed by atoms with E-state index in [0.29, 0.717) is 30.6 Å². The number of carbonyl (C=O) groups is 2. The van der Waals surface area contributed by atoms with Crippen LogP contribution in [0.2, 0.25) is 0 Å². The molecule has 0 saturated heterocycles. The molecule has 2 amide bonds. The van der Waals surface area contributed by atoms with Crippen molar-refractivity contribution in [2.24, 2.45) is 15.9 Å². The average molecular weight is 503 g/mol. The zero-order valence-electron chi connectivity index (χ0n) is 19.1. The van der Waals surface area contributed by atoms with Crippen LogP contribution in [0.4, 0.5) is 19.0 Å². The quantitative estimate of drug-likeness (QED) is 0.133. The summed E-state index contributed by atoms with van der Waals surface area (Å²) in [5.74, 6) is 6.28. The van der Waals surface area contributed by atoms with Crippen LogP contribution in [0.1, 0.15) is 24.1 Å². The van der Waals surface area contributed by atoms with Crippen LogP contribution in [0.25, 0.3) is 0 Å². The topological polar surface area (TPSA) is 144 Å². The van der Waals surface area contributed by atoms with E-state index in [4.69, 9.17) is 12.3 Å². The lowest BCUT2D eigenvalue weighted by Gasteiger charge is -2.10. The molecule has 0 atom stereocenters. The number of amides is 2. The number of hydrazone groups is 1. The highest BCUT2D eigenvalue weighted by molar-refractivity contribution is 6.60. The number of carbonyl (C=O) groups excluding carboxylic acids is 2. The monoisotopic (exact) mass is 503 g/mol. The maximum Gasteiger partial charge on any atom is 0.573 e. The Bertz CT molecular complexity index is 1130. The molecule has 1 aromatic carbocycles. The van der Waals surface area contributed by atoms with Gasteiger partial charge in [0.05, 0.1) is 24.9 Å². The fourth-order valence-electron chi connectivity index (χ4n) is 2.82. The standard InChI is InChI=1S/C23H24F3N7O3/c1-2-11-29-22(35)19(31-27)15-28-12-4-3-7-17-9-10-20(33-32-17)30-21(34)14-16-6-5-8-18(13-16)36-23(24,25)26/h1,5-6,8-10,13,15H,3-4,7,11-12,14,27H2,(H,29,35)(H,30,33,34). The van der Waals surface area contributed by atoms with Crippen molar-refractivity contribution in [2.45, 2.75) is 32.0 Å². The van der Waals surface area contributed by atoms with E-state index in [9.17, 15) is 22.8 Å². The summed E-state index contributed by atoms with van der Waals surface area (Å²) in [5, 5.41) is 16.3. The number of aliphatic imine (C=N–C) groups is 1. The fraction of sp³-hybridized carbons (Fsp3) is 0.304. The van der Waals surface area contributed by atoms with Crippen LogP contribution >= 0.6 is 0 Å². The molecule has 190 valence electrons. The van der Waals surface area contributed by atoms with Gasteiger partial charge in [0.15, 0.2) is 11.5 Å². The molecule has 2 rings (SSSR count). The summed E-state index contributed by atoms with van der Waals surface area (Å²) in [4.78, 5) is 28.0. The predicted molar refractivity (Wildman–Crippen MR) is 127 cm³/mol. The van der Waals surface area contributed by atoms with E-state index < -0.39 is 23.9 Å². The Kier molecular flexibility index (Phi) is 10.8. The van der Waals surface area contributed by atoms with Crippen LogP contribution in [0.5, 0.6) is 5.75 Å². The van der Waals surface area contributed by atoms with Gasteiger partial charge in [0.25, 0.3) is 5.91 Å². The first-order valence-electron chi connectivity index (χ1n) is 10.7. The van der Waals surface area contributed by atoms with Crippen LogP contribution in [0, 0.1) is 12.3 Å².